The molecule has 0 spiro atoms. The minimum Gasteiger partial charge on any atom is -0.489 e. The first kappa shape index (κ1) is 14.4. The molecule has 0 aromatic heterocycles. The van der Waals surface area contributed by atoms with Gasteiger partial charge in [0.15, 0.2) is 0 Å². The predicted octanol–water partition coefficient (Wildman–Crippen LogP) is 1.68. The second kappa shape index (κ2) is 5.53. The van der Waals surface area contributed by atoms with E-state index in [9.17, 15) is 9.59 Å². The van der Waals surface area contributed by atoms with Gasteiger partial charge in [-0.1, -0.05) is 6.92 Å². The van der Waals surface area contributed by atoms with Crippen molar-refractivity contribution in [2.24, 2.45) is 0 Å². The summed E-state index contributed by atoms with van der Waals surface area (Å²) in [6.45, 7) is 6.40. The summed E-state index contributed by atoms with van der Waals surface area (Å²) in [6.07, 6.45) is -0.00195. The van der Waals surface area contributed by atoms with Gasteiger partial charge in [0.05, 0.1) is 5.56 Å². The molecule has 1 aromatic carbocycles. The van der Waals surface area contributed by atoms with Crippen LogP contribution in [-0.4, -0.2) is 31.5 Å². The summed E-state index contributed by atoms with van der Waals surface area (Å²) in [7, 11) is 1.56. The van der Waals surface area contributed by atoms with E-state index in [0.717, 1.165) is 5.56 Å². The molecule has 5 heteroatoms. The Morgan fingerprint density at radius 1 is 1.25 bits per heavy atom. The number of hydrogen-bond acceptors (Lipinski definition) is 3. The molecule has 2 atom stereocenters. The lowest BCUT2D eigenvalue weighted by Crippen LogP contribution is -2.24. The van der Waals surface area contributed by atoms with Crippen molar-refractivity contribution in [2.75, 3.05) is 13.6 Å². The lowest BCUT2D eigenvalue weighted by atomic mass is 9.94. The van der Waals surface area contributed by atoms with Crippen molar-refractivity contribution in [2.45, 2.75) is 32.8 Å². The summed E-state index contributed by atoms with van der Waals surface area (Å²) >= 11 is 0. The molecule has 1 aromatic rings. The molecule has 2 amide bonds. The molecule has 20 heavy (non-hydrogen) atoms. The minimum absolute atomic E-state index is 0.00195. The van der Waals surface area contributed by atoms with Crippen molar-refractivity contribution in [1.82, 2.24) is 10.6 Å². The fourth-order valence-electron chi connectivity index (χ4n) is 2.36. The lowest BCUT2D eigenvalue weighted by Gasteiger charge is -2.10. The SMILES string of the molecule is CCNC(=O)c1cc(C(=O)NC)c2c(c1)C(C)C(C)O2. The first-order valence-corrected chi connectivity index (χ1v) is 6.84. The third kappa shape index (κ3) is 2.35. The Bertz CT molecular complexity index is 554. The number of benzene rings is 1. The summed E-state index contributed by atoms with van der Waals surface area (Å²) in [5.41, 5.74) is 1.83. The fraction of sp³-hybridized carbons (Fsp3) is 0.467. The average molecular weight is 276 g/mol. The topological polar surface area (TPSA) is 67.4 Å². The van der Waals surface area contributed by atoms with Gasteiger partial charge in [0.1, 0.15) is 11.9 Å². The standard InChI is InChI=1S/C15H20N2O3/c1-5-17-14(18)10-6-11-8(2)9(3)20-13(11)12(7-10)15(19)16-4/h6-9H,5H2,1-4H3,(H,16,19)(H,17,18). The van der Waals surface area contributed by atoms with Crippen molar-refractivity contribution in [3.05, 3.63) is 28.8 Å². The van der Waals surface area contributed by atoms with Crippen molar-refractivity contribution < 1.29 is 14.3 Å². The quantitative estimate of drug-likeness (QED) is 0.882. The van der Waals surface area contributed by atoms with Gasteiger partial charge in [0.25, 0.3) is 11.8 Å². The summed E-state index contributed by atoms with van der Waals surface area (Å²) in [5, 5.41) is 5.34. The van der Waals surface area contributed by atoms with Crippen LogP contribution in [0, 0.1) is 0 Å². The van der Waals surface area contributed by atoms with Crippen molar-refractivity contribution in [1.29, 1.82) is 0 Å². The largest absolute Gasteiger partial charge is 0.489 e. The Morgan fingerprint density at radius 2 is 1.95 bits per heavy atom. The van der Waals surface area contributed by atoms with Crippen LogP contribution >= 0.6 is 0 Å². The summed E-state index contributed by atoms with van der Waals surface area (Å²) in [5.74, 6) is 0.334. The molecule has 0 saturated heterocycles. The normalized spacial score (nSPS) is 20.0. The van der Waals surface area contributed by atoms with Crippen LogP contribution in [0.3, 0.4) is 0 Å². The van der Waals surface area contributed by atoms with E-state index in [2.05, 4.69) is 10.6 Å². The summed E-state index contributed by atoms with van der Waals surface area (Å²) < 4.78 is 5.78. The molecule has 0 bridgehead atoms. The number of carbonyl (C=O) groups is 2. The second-order valence-corrected chi connectivity index (χ2v) is 4.99. The smallest absolute Gasteiger partial charge is 0.254 e. The van der Waals surface area contributed by atoms with Gasteiger partial charge in [-0.2, -0.15) is 0 Å². The van der Waals surface area contributed by atoms with Crippen LogP contribution in [0.1, 0.15) is 53.0 Å². The highest BCUT2D eigenvalue weighted by molar-refractivity contribution is 6.02. The van der Waals surface area contributed by atoms with Gasteiger partial charge < -0.3 is 15.4 Å². The highest BCUT2D eigenvalue weighted by Crippen LogP contribution is 2.41. The molecule has 2 N–H and O–H groups in total. The molecular formula is C15H20N2O3. The van der Waals surface area contributed by atoms with Crippen LogP contribution in [0.2, 0.25) is 0 Å². The van der Waals surface area contributed by atoms with Crippen LogP contribution in [0.25, 0.3) is 0 Å². The highest BCUT2D eigenvalue weighted by atomic mass is 16.5. The van der Waals surface area contributed by atoms with Crippen LogP contribution in [0.5, 0.6) is 5.75 Å². The number of rotatable bonds is 3. The van der Waals surface area contributed by atoms with E-state index in [-0.39, 0.29) is 23.8 Å². The maximum atomic E-state index is 12.0. The number of amides is 2. The molecule has 2 unspecified atom stereocenters. The van der Waals surface area contributed by atoms with Crippen molar-refractivity contribution in [3.63, 3.8) is 0 Å². The average Bonchev–Trinajstić information content (AvgIpc) is 2.73. The van der Waals surface area contributed by atoms with E-state index >= 15 is 0 Å². The highest BCUT2D eigenvalue weighted by Gasteiger charge is 2.32. The Labute approximate surface area is 118 Å². The van der Waals surface area contributed by atoms with E-state index in [1.165, 1.54) is 0 Å². The van der Waals surface area contributed by atoms with Crippen LogP contribution in [0.15, 0.2) is 12.1 Å². The van der Waals surface area contributed by atoms with E-state index in [4.69, 9.17) is 4.74 Å². The van der Waals surface area contributed by atoms with Gasteiger partial charge >= 0.3 is 0 Å². The molecule has 1 heterocycles. The molecular weight excluding hydrogens is 256 g/mol. The van der Waals surface area contributed by atoms with Gasteiger partial charge in [-0.25, -0.2) is 0 Å². The Kier molecular flexibility index (Phi) is 3.97. The maximum Gasteiger partial charge on any atom is 0.254 e. The van der Waals surface area contributed by atoms with Gasteiger partial charge in [-0.3, -0.25) is 9.59 Å². The molecule has 0 saturated carbocycles. The minimum atomic E-state index is -0.242. The predicted molar refractivity (Wildman–Crippen MR) is 76.3 cm³/mol. The molecule has 1 aliphatic heterocycles. The zero-order valence-corrected chi connectivity index (χ0v) is 12.2. The third-order valence-electron chi connectivity index (χ3n) is 3.69. The van der Waals surface area contributed by atoms with Crippen molar-refractivity contribution >= 4 is 11.8 Å². The zero-order chi connectivity index (χ0) is 14.9. The molecule has 108 valence electrons. The maximum absolute atomic E-state index is 12.0. The van der Waals surface area contributed by atoms with Gasteiger partial charge in [0.2, 0.25) is 0 Å². The fourth-order valence-corrected chi connectivity index (χ4v) is 2.36. The van der Waals surface area contributed by atoms with Crippen LogP contribution < -0.4 is 15.4 Å². The Balaban J connectivity index is 2.54. The molecule has 0 fully saturated rings. The van der Waals surface area contributed by atoms with Gasteiger partial charge in [0, 0.05) is 30.6 Å². The Morgan fingerprint density at radius 3 is 2.55 bits per heavy atom. The number of hydrogen-bond donors (Lipinski definition) is 2. The molecule has 1 aliphatic rings. The second-order valence-electron chi connectivity index (χ2n) is 4.99. The molecule has 2 rings (SSSR count). The monoisotopic (exact) mass is 276 g/mol. The van der Waals surface area contributed by atoms with E-state index in [0.29, 0.717) is 23.4 Å². The summed E-state index contributed by atoms with van der Waals surface area (Å²) in [6, 6.07) is 3.41. The van der Waals surface area contributed by atoms with E-state index in [1.54, 1.807) is 13.1 Å². The third-order valence-corrected chi connectivity index (χ3v) is 3.69. The van der Waals surface area contributed by atoms with Crippen LogP contribution in [0.4, 0.5) is 0 Å². The number of ether oxygens (including phenoxy) is 1. The Hall–Kier alpha value is -2.04. The number of fused-ring (bicyclic) bond motifs is 1. The number of carbonyl (C=O) groups excluding carboxylic acids is 2. The van der Waals surface area contributed by atoms with Crippen molar-refractivity contribution in [3.8, 4) is 5.75 Å². The molecule has 0 aliphatic carbocycles. The molecule has 5 nitrogen and oxygen atoms in total. The lowest BCUT2D eigenvalue weighted by molar-refractivity contribution is 0.0955. The summed E-state index contributed by atoms with van der Waals surface area (Å²) in [4.78, 5) is 24.0. The molecule has 0 radical (unpaired) electrons. The van der Waals surface area contributed by atoms with Gasteiger partial charge in [-0.05, 0) is 26.0 Å². The van der Waals surface area contributed by atoms with E-state index in [1.807, 2.05) is 26.8 Å². The van der Waals surface area contributed by atoms with E-state index < -0.39 is 0 Å². The van der Waals surface area contributed by atoms with Gasteiger partial charge in [-0.15, -0.1) is 0 Å². The first-order valence-electron chi connectivity index (χ1n) is 6.84. The number of nitrogens with one attached hydrogen (secondary N) is 2. The van der Waals surface area contributed by atoms with Crippen LogP contribution in [-0.2, 0) is 0 Å². The zero-order valence-electron chi connectivity index (χ0n) is 12.2. The first-order chi connectivity index (χ1) is 9.49.